The van der Waals surface area contributed by atoms with Gasteiger partial charge in [0.1, 0.15) is 0 Å². The monoisotopic (exact) mass is 180 g/mol. The third-order valence-corrected chi connectivity index (χ3v) is 3.62. The molecule has 3 fully saturated rings. The zero-order chi connectivity index (χ0) is 8.84. The number of urea groups is 1. The largest absolute Gasteiger partial charge is 0.335 e. The molecule has 0 aromatic rings. The van der Waals surface area contributed by atoms with Gasteiger partial charge in [-0.25, -0.2) is 4.79 Å². The van der Waals surface area contributed by atoms with Crippen molar-refractivity contribution in [2.45, 2.75) is 44.2 Å². The molecule has 0 saturated heterocycles. The van der Waals surface area contributed by atoms with Gasteiger partial charge in [-0.1, -0.05) is 6.42 Å². The Balaban J connectivity index is 1.45. The van der Waals surface area contributed by atoms with Crippen molar-refractivity contribution in [1.82, 2.24) is 10.6 Å². The lowest BCUT2D eigenvalue weighted by molar-refractivity contribution is 0.238. The molecule has 13 heavy (non-hydrogen) atoms. The second-order valence-electron chi connectivity index (χ2n) is 4.68. The number of carbonyl (C=O) groups excluding carboxylic acids is 1. The molecule has 3 aliphatic rings. The topological polar surface area (TPSA) is 41.1 Å². The molecule has 2 N–H and O–H groups in total. The third-order valence-electron chi connectivity index (χ3n) is 3.62. The van der Waals surface area contributed by atoms with E-state index in [1.807, 2.05) is 0 Å². The molecule has 0 spiro atoms. The van der Waals surface area contributed by atoms with E-state index in [0.29, 0.717) is 12.1 Å². The zero-order valence-electron chi connectivity index (χ0n) is 7.75. The van der Waals surface area contributed by atoms with Crippen LogP contribution in [-0.2, 0) is 0 Å². The number of amides is 2. The average Bonchev–Trinajstić information content (AvgIpc) is 2.97. The molecule has 0 heterocycles. The van der Waals surface area contributed by atoms with E-state index in [9.17, 15) is 4.79 Å². The van der Waals surface area contributed by atoms with Gasteiger partial charge in [-0.05, 0) is 37.5 Å². The van der Waals surface area contributed by atoms with Crippen LogP contribution in [0.15, 0.2) is 0 Å². The number of fused-ring (bicyclic) bond motifs is 1. The maximum Gasteiger partial charge on any atom is 0.315 e. The Morgan fingerprint density at radius 1 is 1.00 bits per heavy atom. The van der Waals surface area contributed by atoms with Crippen LogP contribution in [-0.4, -0.2) is 18.1 Å². The summed E-state index contributed by atoms with van der Waals surface area (Å²) >= 11 is 0. The van der Waals surface area contributed by atoms with Gasteiger partial charge < -0.3 is 10.6 Å². The average molecular weight is 180 g/mol. The molecule has 72 valence electrons. The Morgan fingerprint density at radius 2 is 1.69 bits per heavy atom. The van der Waals surface area contributed by atoms with E-state index >= 15 is 0 Å². The van der Waals surface area contributed by atoms with Crippen molar-refractivity contribution >= 4 is 6.03 Å². The van der Waals surface area contributed by atoms with Gasteiger partial charge in [-0.2, -0.15) is 0 Å². The van der Waals surface area contributed by atoms with Crippen LogP contribution >= 0.6 is 0 Å². The van der Waals surface area contributed by atoms with Gasteiger partial charge in [0.05, 0.1) is 0 Å². The summed E-state index contributed by atoms with van der Waals surface area (Å²) in [7, 11) is 0. The zero-order valence-corrected chi connectivity index (χ0v) is 7.75. The van der Waals surface area contributed by atoms with Crippen LogP contribution in [0.1, 0.15) is 32.1 Å². The number of rotatable bonds is 2. The van der Waals surface area contributed by atoms with Gasteiger partial charge in [-0.3, -0.25) is 0 Å². The molecule has 3 atom stereocenters. The second-order valence-corrected chi connectivity index (χ2v) is 4.68. The van der Waals surface area contributed by atoms with E-state index in [1.54, 1.807) is 0 Å². The highest BCUT2D eigenvalue weighted by molar-refractivity contribution is 5.75. The first-order chi connectivity index (χ1) is 6.34. The summed E-state index contributed by atoms with van der Waals surface area (Å²) < 4.78 is 0. The first kappa shape index (κ1) is 7.65. The molecular formula is C10H16N2O. The highest BCUT2D eigenvalue weighted by Gasteiger charge is 2.53. The lowest BCUT2D eigenvalue weighted by Gasteiger charge is -2.07. The molecule has 3 nitrogen and oxygen atoms in total. The predicted molar refractivity (Wildman–Crippen MR) is 49.3 cm³/mol. The summed E-state index contributed by atoms with van der Waals surface area (Å²) in [5.41, 5.74) is 0. The Bertz CT molecular complexity index is 227. The quantitative estimate of drug-likeness (QED) is 0.659. The molecule has 3 heteroatoms. The first-order valence-corrected chi connectivity index (χ1v) is 5.41. The minimum atomic E-state index is 0.0712. The molecule has 3 aliphatic carbocycles. The van der Waals surface area contributed by atoms with Crippen molar-refractivity contribution in [2.24, 2.45) is 11.8 Å². The summed E-state index contributed by atoms with van der Waals surface area (Å²) in [6.07, 6.45) is 6.38. The van der Waals surface area contributed by atoms with E-state index in [-0.39, 0.29) is 6.03 Å². The molecule has 0 aliphatic heterocycles. The number of nitrogens with one attached hydrogen (secondary N) is 2. The fourth-order valence-corrected chi connectivity index (χ4v) is 2.64. The molecule has 0 radical (unpaired) electrons. The van der Waals surface area contributed by atoms with E-state index in [2.05, 4.69) is 10.6 Å². The molecule has 0 aromatic carbocycles. The Hall–Kier alpha value is -0.730. The van der Waals surface area contributed by atoms with Crippen LogP contribution < -0.4 is 10.6 Å². The molecule has 3 rings (SSSR count). The number of carbonyl (C=O) groups is 1. The van der Waals surface area contributed by atoms with Gasteiger partial charge >= 0.3 is 6.03 Å². The summed E-state index contributed by atoms with van der Waals surface area (Å²) in [4.78, 5) is 11.4. The molecule has 1 unspecified atom stereocenters. The Kier molecular flexibility index (Phi) is 1.55. The van der Waals surface area contributed by atoms with Gasteiger partial charge in [-0.15, -0.1) is 0 Å². The number of hydrogen-bond donors (Lipinski definition) is 2. The van der Waals surface area contributed by atoms with Crippen LogP contribution in [0.2, 0.25) is 0 Å². The minimum Gasteiger partial charge on any atom is -0.335 e. The normalized spacial score (nSPS) is 41.1. The van der Waals surface area contributed by atoms with Gasteiger partial charge in [0.2, 0.25) is 0 Å². The summed E-state index contributed by atoms with van der Waals surface area (Å²) in [5, 5.41) is 6.04. The van der Waals surface area contributed by atoms with Crippen molar-refractivity contribution in [2.75, 3.05) is 0 Å². The van der Waals surface area contributed by atoms with Crippen LogP contribution in [0.3, 0.4) is 0 Å². The number of hydrogen-bond acceptors (Lipinski definition) is 1. The van der Waals surface area contributed by atoms with Crippen molar-refractivity contribution < 1.29 is 4.79 Å². The van der Waals surface area contributed by atoms with E-state index < -0.39 is 0 Å². The molecule has 2 amide bonds. The van der Waals surface area contributed by atoms with E-state index in [4.69, 9.17) is 0 Å². The molecule has 0 aromatic heterocycles. The van der Waals surface area contributed by atoms with Gasteiger partial charge in [0.25, 0.3) is 0 Å². The minimum absolute atomic E-state index is 0.0712. The van der Waals surface area contributed by atoms with Crippen molar-refractivity contribution in [3.8, 4) is 0 Å². The van der Waals surface area contributed by atoms with Crippen LogP contribution in [0.25, 0.3) is 0 Å². The lowest BCUT2D eigenvalue weighted by atomic mass is 10.2. The van der Waals surface area contributed by atoms with Crippen LogP contribution in [0, 0.1) is 11.8 Å². The van der Waals surface area contributed by atoms with E-state index in [0.717, 1.165) is 11.8 Å². The SMILES string of the molecule is O=C(NC1CC1)NC1[C@H]2CCC[C@@H]12. The van der Waals surface area contributed by atoms with Gasteiger partial charge in [0, 0.05) is 12.1 Å². The molecule has 0 bridgehead atoms. The first-order valence-electron chi connectivity index (χ1n) is 5.41. The van der Waals surface area contributed by atoms with Crippen molar-refractivity contribution in [3.05, 3.63) is 0 Å². The standard InChI is InChI=1S/C10H16N2O/c13-10(11-6-4-5-6)12-9-7-2-1-3-8(7)9/h6-9H,1-5H2,(H2,11,12,13)/t7-,8+,9?. The van der Waals surface area contributed by atoms with Crippen LogP contribution in [0.5, 0.6) is 0 Å². The maximum atomic E-state index is 11.4. The fourth-order valence-electron chi connectivity index (χ4n) is 2.64. The summed E-state index contributed by atoms with van der Waals surface area (Å²) in [5.74, 6) is 1.65. The van der Waals surface area contributed by atoms with Crippen molar-refractivity contribution in [3.63, 3.8) is 0 Å². The maximum absolute atomic E-state index is 11.4. The van der Waals surface area contributed by atoms with Crippen LogP contribution in [0.4, 0.5) is 4.79 Å². The Labute approximate surface area is 78.3 Å². The highest BCUT2D eigenvalue weighted by atomic mass is 16.2. The van der Waals surface area contributed by atoms with Crippen molar-refractivity contribution in [1.29, 1.82) is 0 Å². The van der Waals surface area contributed by atoms with E-state index in [1.165, 1.54) is 32.1 Å². The summed E-state index contributed by atoms with van der Waals surface area (Å²) in [6, 6.07) is 1.08. The smallest absolute Gasteiger partial charge is 0.315 e. The highest BCUT2D eigenvalue weighted by Crippen LogP contribution is 2.51. The fraction of sp³-hybridized carbons (Fsp3) is 0.900. The Morgan fingerprint density at radius 3 is 2.31 bits per heavy atom. The predicted octanol–water partition coefficient (Wildman–Crippen LogP) is 1.25. The summed E-state index contributed by atoms with van der Waals surface area (Å²) in [6.45, 7) is 0. The molecule has 3 saturated carbocycles. The molecular weight excluding hydrogens is 164 g/mol. The van der Waals surface area contributed by atoms with Gasteiger partial charge in [0.15, 0.2) is 0 Å². The second kappa shape index (κ2) is 2.63. The lowest BCUT2D eigenvalue weighted by Crippen LogP contribution is -2.39. The third kappa shape index (κ3) is 1.40.